The van der Waals surface area contributed by atoms with Crippen LogP contribution in [0.25, 0.3) is 0 Å². The molecule has 1 saturated carbocycles. The summed E-state index contributed by atoms with van der Waals surface area (Å²) in [5, 5.41) is 9.93. The van der Waals surface area contributed by atoms with Crippen LogP contribution in [0.4, 0.5) is 4.79 Å². The van der Waals surface area contributed by atoms with Crippen molar-refractivity contribution < 1.29 is 14.6 Å². The number of ether oxygens (including phenoxy) is 1. The van der Waals surface area contributed by atoms with Crippen LogP contribution in [0.5, 0.6) is 0 Å². The highest BCUT2D eigenvalue weighted by Crippen LogP contribution is 2.37. The number of piperidine rings is 1. The van der Waals surface area contributed by atoms with E-state index in [1.165, 1.54) is 0 Å². The Hall–Kier alpha value is -0.770. The number of carbonyl (C=O) groups excluding carboxylic acids is 1. The Kier molecular flexibility index (Phi) is 3.34. The smallest absolute Gasteiger partial charge is 0.410 e. The van der Waals surface area contributed by atoms with Gasteiger partial charge >= 0.3 is 6.09 Å². The molecule has 0 radical (unpaired) electrons. The summed E-state index contributed by atoms with van der Waals surface area (Å²) in [6.07, 6.45) is 3.36. The van der Waals surface area contributed by atoms with Crippen molar-refractivity contribution in [3.8, 4) is 0 Å². The Morgan fingerprint density at radius 1 is 1.29 bits per heavy atom. The van der Waals surface area contributed by atoms with Gasteiger partial charge in [0.25, 0.3) is 0 Å². The van der Waals surface area contributed by atoms with Gasteiger partial charge in [-0.1, -0.05) is 6.42 Å². The first kappa shape index (κ1) is 12.7. The molecule has 1 amide bonds. The number of aliphatic hydroxyl groups is 1. The fourth-order valence-electron chi connectivity index (χ4n) is 3.00. The monoisotopic (exact) mass is 241 g/mol. The Bertz CT molecular complexity index is 298. The number of aliphatic hydroxyl groups excluding tert-OH is 1. The molecule has 1 heterocycles. The first-order valence-electron chi connectivity index (χ1n) is 6.56. The van der Waals surface area contributed by atoms with Crippen LogP contribution in [0.15, 0.2) is 0 Å². The van der Waals surface area contributed by atoms with Crippen LogP contribution in [0.1, 0.15) is 46.5 Å². The normalized spacial score (nSPS) is 33.4. The predicted molar refractivity (Wildman–Crippen MR) is 64.7 cm³/mol. The molecule has 1 saturated heterocycles. The minimum Gasteiger partial charge on any atom is -0.444 e. The zero-order chi connectivity index (χ0) is 12.6. The molecule has 2 rings (SSSR count). The van der Waals surface area contributed by atoms with Crippen molar-refractivity contribution in [1.82, 2.24) is 4.90 Å². The lowest BCUT2D eigenvalue weighted by atomic mass is 9.89. The zero-order valence-electron chi connectivity index (χ0n) is 11.0. The number of rotatable bonds is 0. The molecule has 17 heavy (non-hydrogen) atoms. The molecule has 1 aliphatic carbocycles. The minimum absolute atomic E-state index is 0.189. The fourth-order valence-corrected chi connectivity index (χ4v) is 3.00. The molecule has 4 nitrogen and oxygen atoms in total. The summed E-state index contributed by atoms with van der Waals surface area (Å²) in [6.45, 7) is 6.28. The number of nitrogens with zero attached hydrogens (tertiary/aromatic N) is 1. The van der Waals surface area contributed by atoms with Crippen molar-refractivity contribution >= 4 is 6.09 Å². The molecule has 0 aromatic rings. The number of hydrogen-bond donors (Lipinski definition) is 1. The highest BCUT2D eigenvalue weighted by atomic mass is 16.6. The topological polar surface area (TPSA) is 49.8 Å². The van der Waals surface area contributed by atoms with E-state index in [1.54, 1.807) is 0 Å². The van der Waals surface area contributed by atoms with E-state index in [-0.39, 0.29) is 24.2 Å². The lowest BCUT2D eigenvalue weighted by Gasteiger charge is -2.40. The molecule has 0 aromatic heterocycles. The molecular weight excluding hydrogens is 218 g/mol. The van der Waals surface area contributed by atoms with Gasteiger partial charge in [-0.2, -0.15) is 0 Å². The number of likely N-dealkylation sites (tertiary alicyclic amines) is 1. The van der Waals surface area contributed by atoms with Gasteiger partial charge in [0, 0.05) is 18.5 Å². The van der Waals surface area contributed by atoms with E-state index in [1.807, 2.05) is 25.7 Å². The van der Waals surface area contributed by atoms with Gasteiger partial charge in [0.05, 0.1) is 6.10 Å². The van der Waals surface area contributed by atoms with Gasteiger partial charge in [-0.05, 0) is 40.0 Å². The molecule has 0 aromatic carbocycles. The van der Waals surface area contributed by atoms with Crippen molar-refractivity contribution in [2.24, 2.45) is 5.92 Å². The second kappa shape index (κ2) is 4.48. The quantitative estimate of drug-likeness (QED) is 0.707. The summed E-state index contributed by atoms with van der Waals surface area (Å²) in [7, 11) is 0. The van der Waals surface area contributed by atoms with E-state index >= 15 is 0 Å². The van der Waals surface area contributed by atoms with Crippen molar-refractivity contribution in [1.29, 1.82) is 0 Å². The zero-order valence-corrected chi connectivity index (χ0v) is 11.0. The Labute approximate surface area is 103 Å². The van der Waals surface area contributed by atoms with E-state index in [4.69, 9.17) is 4.74 Å². The van der Waals surface area contributed by atoms with Crippen LogP contribution in [-0.4, -0.2) is 40.4 Å². The maximum atomic E-state index is 12.1. The van der Waals surface area contributed by atoms with Crippen molar-refractivity contribution in [2.45, 2.75) is 64.2 Å². The van der Waals surface area contributed by atoms with Crippen LogP contribution in [-0.2, 0) is 4.74 Å². The van der Waals surface area contributed by atoms with Gasteiger partial charge < -0.3 is 14.7 Å². The predicted octanol–water partition coefficient (Wildman–Crippen LogP) is 2.16. The molecule has 4 heteroatoms. The van der Waals surface area contributed by atoms with E-state index < -0.39 is 5.60 Å². The summed E-state index contributed by atoms with van der Waals surface area (Å²) in [6, 6.07) is 0.189. The average molecular weight is 241 g/mol. The molecule has 98 valence electrons. The molecule has 1 N–H and O–H groups in total. The van der Waals surface area contributed by atoms with Gasteiger partial charge in [-0.15, -0.1) is 0 Å². The van der Waals surface area contributed by atoms with E-state index in [0.717, 1.165) is 19.3 Å². The molecule has 3 unspecified atom stereocenters. The van der Waals surface area contributed by atoms with Crippen molar-refractivity contribution in [3.63, 3.8) is 0 Å². The maximum Gasteiger partial charge on any atom is 0.410 e. The third-order valence-corrected chi connectivity index (χ3v) is 3.72. The SMILES string of the molecule is CC(C)(C)OC(=O)N1CCC(O)C2CCCC21. The highest BCUT2D eigenvalue weighted by Gasteiger charge is 2.43. The first-order chi connectivity index (χ1) is 7.88. The second-order valence-corrected chi connectivity index (χ2v) is 6.19. The lowest BCUT2D eigenvalue weighted by molar-refractivity contribution is -0.0267. The molecule has 2 fully saturated rings. The summed E-state index contributed by atoms with van der Waals surface area (Å²) in [5.74, 6) is 0.260. The molecule has 2 aliphatic rings. The number of amides is 1. The van der Waals surface area contributed by atoms with Gasteiger partial charge in [-0.25, -0.2) is 4.79 Å². The number of fused-ring (bicyclic) bond motifs is 1. The van der Waals surface area contributed by atoms with Gasteiger partial charge in [0.15, 0.2) is 0 Å². The molecule has 1 aliphatic heterocycles. The third-order valence-electron chi connectivity index (χ3n) is 3.72. The van der Waals surface area contributed by atoms with E-state index in [2.05, 4.69) is 0 Å². The second-order valence-electron chi connectivity index (χ2n) is 6.19. The van der Waals surface area contributed by atoms with Gasteiger partial charge in [-0.3, -0.25) is 0 Å². The Morgan fingerprint density at radius 2 is 2.00 bits per heavy atom. The molecule has 3 atom stereocenters. The van der Waals surface area contributed by atoms with Crippen LogP contribution < -0.4 is 0 Å². The lowest BCUT2D eigenvalue weighted by Crippen LogP contribution is -2.52. The Morgan fingerprint density at radius 3 is 2.65 bits per heavy atom. The van der Waals surface area contributed by atoms with Crippen molar-refractivity contribution in [3.05, 3.63) is 0 Å². The minimum atomic E-state index is -0.443. The molecule has 0 bridgehead atoms. The number of hydrogen-bond acceptors (Lipinski definition) is 3. The standard InChI is InChI=1S/C13H23NO3/c1-13(2,3)17-12(16)14-8-7-11(15)9-5-4-6-10(9)14/h9-11,15H,4-8H2,1-3H3. The Balaban J connectivity index is 2.03. The fraction of sp³-hybridized carbons (Fsp3) is 0.923. The number of carbonyl (C=O) groups is 1. The van der Waals surface area contributed by atoms with Crippen LogP contribution >= 0.6 is 0 Å². The van der Waals surface area contributed by atoms with Gasteiger partial charge in [0.1, 0.15) is 5.60 Å². The summed E-state index contributed by atoms with van der Waals surface area (Å²) >= 11 is 0. The average Bonchev–Trinajstić information content (AvgIpc) is 2.64. The molecule has 0 spiro atoms. The maximum absolute atomic E-state index is 12.1. The van der Waals surface area contributed by atoms with E-state index in [0.29, 0.717) is 13.0 Å². The van der Waals surface area contributed by atoms with Crippen LogP contribution in [0, 0.1) is 5.92 Å². The van der Waals surface area contributed by atoms with Crippen LogP contribution in [0.3, 0.4) is 0 Å². The van der Waals surface area contributed by atoms with Crippen molar-refractivity contribution in [2.75, 3.05) is 6.54 Å². The summed E-state index contributed by atoms with van der Waals surface area (Å²) < 4.78 is 5.43. The third kappa shape index (κ3) is 2.73. The van der Waals surface area contributed by atoms with E-state index in [9.17, 15) is 9.90 Å². The van der Waals surface area contributed by atoms with Gasteiger partial charge in [0.2, 0.25) is 0 Å². The first-order valence-corrected chi connectivity index (χ1v) is 6.56. The van der Waals surface area contributed by atoms with Crippen LogP contribution in [0.2, 0.25) is 0 Å². The largest absolute Gasteiger partial charge is 0.444 e. The highest BCUT2D eigenvalue weighted by molar-refractivity contribution is 5.68. The summed E-state index contributed by atoms with van der Waals surface area (Å²) in [5.41, 5.74) is -0.443. The summed E-state index contributed by atoms with van der Waals surface area (Å²) in [4.78, 5) is 13.9. The molecular formula is C13H23NO3.